The number of anilines is 2. The van der Waals surface area contributed by atoms with Crippen LogP contribution in [-0.2, 0) is 4.74 Å². The molecule has 0 radical (unpaired) electrons. The lowest BCUT2D eigenvalue weighted by molar-refractivity contribution is 0.0696. The van der Waals surface area contributed by atoms with Gasteiger partial charge in [0.1, 0.15) is 11.5 Å². The molecule has 0 saturated carbocycles. The van der Waals surface area contributed by atoms with Crippen molar-refractivity contribution < 1.29 is 13.9 Å². The molecule has 9 heteroatoms. The summed E-state index contributed by atoms with van der Waals surface area (Å²) in [7, 11) is 0. The number of carbonyl (C=O) groups excluding carboxylic acids is 1. The van der Waals surface area contributed by atoms with Gasteiger partial charge >= 0.3 is 0 Å². The van der Waals surface area contributed by atoms with Gasteiger partial charge in [0.15, 0.2) is 5.82 Å². The van der Waals surface area contributed by atoms with Crippen LogP contribution in [-0.4, -0.2) is 44.7 Å². The van der Waals surface area contributed by atoms with Crippen LogP contribution in [0.25, 0.3) is 11.4 Å². The second-order valence-electron chi connectivity index (χ2n) is 8.11. The minimum atomic E-state index is -0.516. The molecular formula is C23H27FN6O2. The summed E-state index contributed by atoms with van der Waals surface area (Å²) in [6, 6.07) is 7.26. The highest BCUT2D eigenvalue weighted by atomic mass is 19.1. The van der Waals surface area contributed by atoms with E-state index in [1.54, 1.807) is 30.5 Å². The first-order chi connectivity index (χ1) is 15.4. The van der Waals surface area contributed by atoms with Crippen molar-refractivity contribution >= 4 is 17.5 Å². The second-order valence-corrected chi connectivity index (χ2v) is 8.11. The van der Waals surface area contributed by atoms with Crippen LogP contribution < -0.4 is 10.6 Å². The molecular weight excluding hydrogens is 411 g/mol. The molecule has 1 aromatic carbocycles. The van der Waals surface area contributed by atoms with Crippen molar-refractivity contribution in [2.24, 2.45) is 0 Å². The van der Waals surface area contributed by atoms with Crippen molar-refractivity contribution in [1.29, 1.82) is 0 Å². The number of imidazole rings is 1. The van der Waals surface area contributed by atoms with Gasteiger partial charge in [-0.1, -0.05) is 0 Å². The largest absolute Gasteiger partial charge is 0.381 e. The van der Waals surface area contributed by atoms with Gasteiger partial charge in [-0.25, -0.2) is 19.3 Å². The number of nitrogens with one attached hydrogen (secondary N) is 2. The number of nitrogens with zero attached hydrogens (tertiary/aromatic N) is 4. The summed E-state index contributed by atoms with van der Waals surface area (Å²) < 4.78 is 21.8. The highest BCUT2D eigenvalue weighted by molar-refractivity contribution is 5.94. The Bertz CT molecular complexity index is 1090. The molecule has 0 atom stereocenters. The summed E-state index contributed by atoms with van der Waals surface area (Å²) in [6.07, 6.45) is 4.42. The van der Waals surface area contributed by atoms with Crippen molar-refractivity contribution in [2.75, 3.05) is 18.5 Å². The first kappa shape index (κ1) is 21.9. The number of ether oxygens (including phenoxy) is 1. The van der Waals surface area contributed by atoms with Gasteiger partial charge < -0.3 is 19.9 Å². The number of halogens is 1. The molecule has 168 valence electrons. The molecule has 0 bridgehead atoms. The van der Waals surface area contributed by atoms with Crippen LogP contribution in [0.15, 0.2) is 36.7 Å². The van der Waals surface area contributed by atoms with Crippen LogP contribution in [0.4, 0.5) is 16.0 Å². The maximum absolute atomic E-state index is 14.5. The van der Waals surface area contributed by atoms with Crippen LogP contribution in [0, 0.1) is 12.7 Å². The van der Waals surface area contributed by atoms with E-state index in [1.165, 1.54) is 0 Å². The second kappa shape index (κ2) is 9.44. The Labute approximate surface area is 186 Å². The normalized spacial score (nSPS) is 14.5. The fraction of sp³-hybridized carbons (Fsp3) is 0.391. The van der Waals surface area contributed by atoms with E-state index in [0.717, 1.165) is 24.9 Å². The Morgan fingerprint density at radius 2 is 1.88 bits per heavy atom. The molecule has 32 heavy (non-hydrogen) atoms. The topological polar surface area (TPSA) is 94.0 Å². The van der Waals surface area contributed by atoms with E-state index < -0.39 is 5.82 Å². The van der Waals surface area contributed by atoms with Crippen LogP contribution in [0.2, 0.25) is 0 Å². The molecule has 0 unspecified atom stereocenters. The molecule has 1 fully saturated rings. The summed E-state index contributed by atoms with van der Waals surface area (Å²) in [5, 5.41) is 6.12. The van der Waals surface area contributed by atoms with E-state index in [1.807, 2.05) is 25.3 Å². The first-order valence-corrected chi connectivity index (χ1v) is 10.7. The van der Waals surface area contributed by atoms with Crippen molar-refractivity contribution in [3.8, 4) is 11.4 Å². The van der Waals surface area contributed by atoms with E-state index in [0.29, 0.717) is 30.2 Å². The monoisotopic (exact) mass is 438 g/mol. The average molecular weight is 439 g/mol. The summed E-state index contributed by atoms with van der Waals surface area (Å²) in [4.78, 5) is 25.2. The van der Waals surface area contributed by atoms with Crippen LogP contribution in [0.5, 0.6) is 0 Å². The molecule has 1 aliphatic rings. The number of rotatable bonds is 6. The molecule has 4 rings (SSSR count). The Morgan fingerprint density at radius 1 is 1.16 bits per heavy atom. The molecule has 2 aromatic heterocycles. The third kappa shape index (κ3) is 4.77. The van der Waals surface area contributed by atoms with Crippen LogP contribution in [0.3, 0.4) is 0 Å². The Kier molecular flexibility index (Phi) is 6.45. The van der Waals surface area contributed by atoms with Gasteiger partial charge in [-0.05, 0) is 57.9 Å². The van der Waals surface area contributed by atoms with Crippen LogP contribution >= 0.6 is 0 Å². The van der Waals surface area contributed by atoms with Gasteiger partial charge in [-0.15, -0.1) is 0 Å². The molecule has 3 heterocycles. The lowest BCUT2D eigenvalue weighted by Crippen LogP contribution is -2.38. The van der Waals surface area contributed by atoms with Gasteiger partial charge in [0, 0.05) is 36.5 Å². The summed E-state index contributed by atoms with van der Waals surface area (Å²) in [5.74, 6) is 0.422. The SMILES string of the molecule is Cc1ncc(-c2nc(Nc3ccc(C(=O)NC4CCOCC4)cc3)ncc2F)n1C(C)C. The summed E-state index contributed by atoms with van der Waals surface area (Å²) in [6.45, 7) is 7.24. The fourth-order valence-electron chi connectivity index (χ4n) is 3.83. The number of hydrogen-bond acceptors (Lipinski definition) is 6. The van der Waals surface area contributed by atoms with Crippen LogP contribution in [0.1, 0.15) is 48.9 Å². The predicted molar refractivity (Wildman–Crippen MR) is 119 cm³/mol. The fourth-order valence-corrected chi connectivity index (χ4v) is 3.83. The first-order valence-electron chi connectivity index (χ1n) is 10.7. The molecule has 0 aliphatic carbocycles. The molecule has 3 aromatic rings. The molecule has 0 spiro atoms. The minimum absolute atomic E-state index is 0.109. The van der Waals surface area contributed by atoms with Gasteiger partial charge in [0.2, 0.25) is 5.95 Å². The van der Waals surface area contributed by atoms with Crippen molar-refractivity contribution in [2.45, 2.75) is 45.7 Å². The van der Waals surface area contributed by atoms with E-state index in [9.17, 15) is 9.18 Å². The number of aromatic nitrogens is 4. The van der Waals surface area contributed by atoms with Gasteiger partial charge in [0.25, 0.3) is 5.91 Å². The molecule has 1 amide bonds. The number of aryl methyl sites for hydroxylation is 1. The number of amides is 1. The molecule has 2 N–H and O–H groups in total. The predicted octanol–water partition coefficient (Wildman–Crippen LogP) is 4.02. The Hall–Kier alpha value is -3.33. The van der Waals surface area contributed by atoms with E-state index in [2.05, 4.69) is 25.6 Å². The third-order valence-electron chi connectivity index (χ3n) is 5.44. The van der Waals surface area contributed by atoms with E-state index in [4.69, 9.17) is 4.74 Å². The standard InChI is InChI=1S/C23H27FN6O2/c1-14(2)30-15(3)25-13-20(30)21-19(24)12-26-23(29-21)28-17-6-4-16(5-7-17)22(31)27-18-8-10-32-11-9-18/h4-7,12-14,18H,8-11H2,1-3H3,(H,27,31)(H,26,28,29). The Balaban J connectivity index is 1.49. The van der Waals surface area contributed by atoms with Crippen molar-refractivity contribution in [3.05, 3.63) is 53.9 Å². The molecule has 1 aliphatic heterocycles. The zero-order valence-corrected chi connectivity index (χ0v) is 18.4. The summed E-state index contributed by atoms with van der Waals surface area (Å²) in [5.41, 5.74) is 2.04. The van der Waals surface area contributed by atoms with Gasteiger partial charge in [-0.3, -0.25) is 4.79 Å². The number of carbonyl (C=O) groups is 1. The van der Waals surface area contributed by atoms with Crippen molar-refractivity contribution in [3.63, 3.8) is 0 Å². The zero-order valence-electron chi connectivity index (χ0n) is 18.4. The smallest absolute Gasteiger partial charge is 0.251 e. The quantitative estimate of drug-likeness (QED) is 0.604. The highest BCUT2D eigenvalue weighted by Crippen LogP contribution is 2.26. The van der Waals surface area contributed by atoms with E-state index in [-0.39, 0.29) is 29.6 Å². The number of benzene rings is 1. The van der Waals surface area contributed by atoms with Gasteiger partial charge in [0.05, 0.1) is 18.1 Å². The maximum Gasteiger partial charge on any atom is 0.251 e. The van der Waals surface area contributed by atoms with Gasteiger partial charge in [-0.2, -0.15) is 0 Å². The third-order valence-corrected chi connectivity index (χ3v) is 5.44. The maximum atomic E-state index is 14.5. The average Bonchev–Trinajstić information content (AvgIpc) is 3.17. The molecule has 1 saturated heterocycles. The Morgan fingerprint density at radius 3 is 2.56 bits per heavy atom. The number of hydrogen-bond donors (Lipinski definition) is 2. The lowest BCUT2D eigenvalue weighted by atomic mass is 10.1. The highest BCUT2D eigenvalue weighted by Gasteiger charge is 2.19. The zero-order chi connectivity index (χ0) is 22.7. The minimum Gasteiger partial charge on any atom is -0.381 e. The summed E-state index contributed by atoms with van der Waals surface area (Å²) >= 11 is 0. The molecule has 8 nitrogen and oxygen atoms in total. The lowest BCUT2D eigenvalue weighted by Gasteiger charge is -2.23. The van der Waals surface area contributed by atoms with Crippen molar-refractivity contribution in [1.82, 2.24) is 24.8 Å². The van der Waals surface area contributed by atoms with E-state index >= 15 is 0 Å².